The second kappa shape index (κ2) is 8.45. The molecule has 2 fully saturated rings. The van der Waals surface area contributed by atoms with Crippen molar-refractivity contribution in [1.29, 1.82) is 0 Å². The highest BCUT2D eigenvalue weighted by Gasteiger charge is 2.49. The quantitative estimate of drug-likeness (QED) is 0.621. The number of hydrogen-bond acceptors (Lipinski definition) is 6. The molecule has 9 nitrogen and oxygen atoms in total. The van der Waals surface area contributed by atoms with Gasteiger partial charge >= 0.3 is 12.2 Å². The molecule has 2 amide bonds. The van der Waals surface area contributed by atoms with E-state index in [1.165, 1.54) is 12.1 Å². The van der Waals surface area contributed by atoms with Crippen LogP contribution < -0.4 is 10.6 Å². The number of anilines is 1. The average molecular weight is 460 g/mol. The number of rotatable bonds is 4. The third kappa shape index (κ3) is 4.39. The lowest BCUT2D eigenvalue weighted by Crippen LogP contribution is -2.45. The molecule has 4 heterocycles. The van der Waals surface area contributed by atoms with E-state index in [4.69, 9.17) is 9.47 Å². The first-order valence-electron chi connectivity index (χ1n) is 10.2. The number of ether oxygens (including phenoxy) is 2. The van der Waals surface area contributed by atoms with Crippen LogP contribution in [-0.4, -0.2) is 57.5 Å². The van der Waals surface area contributed by atoms with E-state index in [0.717, 1.165) is 12.1 Å². The summed E-state index contributed by atoms with van der Waals surface area (Å²) in [5.74, 6) is 0. The average Bonchev–Trinajstić information content (AvgIpc) is 3.52. The van der Waals surface area contributed by atoms with Gasteiger partial charge in [0.1, 0.15) is 23.9 Å². The van der Waals surface area contributed by atoms with Crippen LogP contribution in [0.15, 0.2) is 54.9 Å². The third-order valence-electron chi connectivity index (χ3n) is 5.57. The molecule has 0 unspecified atom stereocenters. The normalized spacial score (nSPS) is 24.5. The number of alkyl halides is 3. The second-order valence-corrected chi connectivity index (χ2v) is 7.75. The predicted molar refractivity (Wildman–Crippen MR) is 109 cm³/mol. The molecule has 0 bridgehead atoms. The molecule has 2 saturated heterocycles. The first kappa shape index (κ1) is 21.3. The van der Waals surface area contributed by atoms with Crippen molar-refractivity contribution < 1.29 is 27.4 Å². The number of hydrogen-bond donors (Lipinski definition) is 2. The Morgan fingerprint density at radius 3 is 2.70 bits per heavy atom. The van der Waals surface area contributed by atoms with Gasteiger partial charge in [-0.2, -0.15) is 13.2 Å². The Balaban J connectivity index is 1.21. The van der Waals surface area contributed by atoms with E-state index < -0.39 is 29.9 Å². The highest BCUT2D eigenvalue weighted by Crippen LogP contribution is 2.34. The van der Waals surface area contributed by atoms with Crippen molar-refractivity contribution in [1.82, 2.24) is 25.3 Å². The lowest BCUT2D eigenvalue weighted by atomic mass is 10.1. The van der Waals surface area contributed by atoms with Crippen molar-refractivity contribution in [2.75, 3.05) is 18.5 Å². The van der Waals surface area contributed by atoms with Gasteiger partial charge in [0.2, 0.25) is 0 Å². The summed E-state index contributed by atoms with van der Waals surface area (Å²) >= 11 is 0. The number of urea groups is 1. The van der Waals surface area contributed by atoms with Crippen molar-refractivity contribution in [3.05, 3.63) is 60.4 Å². The highest BCUT2D eigenvalue weighted by atomic mass is 19.4. The molecular weight excluding hydrogens is 441 g/mol. The van der Waals surface area contributed by atoms with Crippen molar-refractivity contribution >= 4 is 11.7 Å². The van der Waals surface area contributed by atoms with Gasteiger partial charge in [0.15, 0.2) is 0 Å². The fourth-order valence-corrected chi connectivity index (χ4v) is 4.01. The molecular formula is C21H19F3N6O3. The van der Waals surface area contributed by atoms with Crippen molar-refractivity contribution in [2.45, 2.75) is 30.5 Å². The number of pyridine rings is 1. The number of carbonyl (C=O) groups excluding carboxylic acids is 1. The maximum Gasteiger partial charge on any atom is 0.416 e. The van der Waals surface area contributed by atoms with Gasteiger partial charge in [-0.3, -0.25) is 4.98 Å². The molecule has 3 aromatic rings. The number of aromatic nitrogens is 4. The summed E-state index contributed by atoms with van der Waals surface area (Å²) in [6.45, 7) is 0.511. The third-order valence-corrected chi connectivity index (χ3v) is 5.57. The molecule has 2 aromatic heterocycles. The van der Waals surface area contributed by atoms with Crippen LogP contribution in [0.3, 0.4) is 0 Å². The Kier molecular flexibility index (Phi) is 5.46. The number of halogens is 3. The molecule has 2 aliphatic heterocycles. The molecule has 33 heavy (non-hydrogen) atoms. The molecule has 4 atom stereocenters. The first-order chi connectivity index (χ1) is 15.9. The fourth-order valence-electron chi connectivity index (χ4n) is 4.01. The molecule has 172 valence electrons. The zero-order valence-corrected chi connectivity index (χ0v) is 17.1. The number of fused-ring (bicyclic) bond motifs is 1. The summed E-state index contributed by atoms with van der Waals surface area (Å²) in [4.78, 5) is 16.6. The number of nitrogens with one attached hydrogen (secondary N) is 2. The molecule has 0 spiro atoms. The van der Waals surface area contributed by atoms with Gasteiger partial charge in [0.25, 0.3) is 0 Å². The Morgan fingerprint density at radius 2 is 1.91 bits per heavy atom. The van der Waals surface area contributed by atoms with Gasteiger partial charge in [0.05, 0.1) is 36.7 Å². The zero-order chi connectivity index (χ0) is 23.0. The SMILES string of the molecule is O=C(Nc1cccc(C(F)(F)F)c1)N[C@H]1CO[C@H]2[C@@H]1OC[C@@H]2n1cc(-c2ccccn2)nn1. The number of carbonyl (C=O) groups is 1. The molecule has 0 saturated carbocycles. The van der Waals surface area contributed by atoms with Gasteiger partial charge < -0.3 is 20.1 Å². The van der Waals surface area contributed by atoms with Crippen molar-refractivity contribution in [3.8, 4) is 11.4 Å². The zero-order valence-electron chi connectivity index (χ0n) is 17.1. The van der Waals surface area contributed by atoms with Crippen molar-refractivity contribution in [3.63, 3.8) is 0 Å². The number of nitrogens with zero attached hydrogens (tertiary/aromatic N) is 4. The maximum absolute atomic E-state index is 12.9. The largest absolute Gasteiger partial charge is 0.416 e. The van der Waals surface area contributed by atoms with E-state index in [-0.39, 0.29) is 24.4 Å². The van der Waals surface area contributed by atoms with E-state index in [1.54, 1.807) is 17.1 Å². The summed E-state index contributed by atoms with van der Waals surface area (Å²) in [7, 11) is 0. The van der Waals surface area contributed by atoms with Crippen LogP contribution in [0.5, 0.6) is 0 Å². The van der Waals surface area contributed by atoms with Crippen LogP contribution in [0.4, 0.5) is 23.7 Å². The molecule has 2 aliphatic rings. The van der Waals surface area contributed by atoms with E-state index in [0.29, 0.717) is 18.0 Å². The molecule has 0 aliphatic carbocycles. The summed E-state index contributed by atoms with van der Waals surface area (Å²) in [5, 5.41) is 13.5. The first-order valence-corrected chi connectivity index (χ1v) is 10.2. The van der Waals surface area contributed by atoms with Crippen LogP contribution in [0.2, 0.25) is 0 Å². The van der Waals surface area contributed by atoms with Crippen LogP contribution in [0, 0.1) is 0 Å². The van der Waals surface area contributed by atoms with E-state index in [9.17, 15) is 18.0 Å². The summed E-state index contributed by atoms with van der Waals surface area (Å²) in [6, 6.07) is 8.58. The van der Waals surface area contributed by atoms with Gasteiger partial charge in [-0.15, -0.1) is 5.10 Å². The van der Waals surface area contributed by atoms with E-state index >= 15 is 0 Å². The Bertz CT molecular complexity index is 1140. The minimum atomic E-state index is -4.49. The maximum atomic E-state index is 12.9. The second-order valence-electron chi connectivity index (χ2n) is 7.75. The molecule has 1 aromatic carbocycles. The molecule has 2 N–H and O–H groups in total. The van der Waals surface area contributed by atoms with Crippen LogP contribution in [0.25, 0.3) is 11.4 Å². The van der Waals surface area contributed by atoms with Crippen LogP contribution in [-0.2, 0) is 15.7 Å². The minimum Gasteiger partial charge on any atom is -0.371 e. The fraction of sp³-hybridized carbons (Fsp3) is 0.333. The number of amides is 2. The monoisotopic (exact) mass is 460 g/mol. The van der Waals surface area contributed by atoms with Gasteiger partial charge in [-0.1, -0.05) is 17.3 Å². The molecule has 5 rings (SSSR count). The Labute approximate surface area is 185 Å². The van der Waals surface area contributed by atoms with Crippen LogP contribution >= 0.6 is 0 Å². The van der Waals surface area contributed by atoms with Crippen LogP contribution in [0.1, 0.15) is 11.6 Å². The van der Waals surface area contributed by atoms with Gasteiger partial charge in [0, 0.05) is 11.9 Å². The number of benzene rings is 1. The highest BCUT2D eigenvalue weighted by molar-refractivity contribution is 5.89. The van der Waals surface area contributed by atoms with Gasteiger partial charge in [-0.05, 0) is 30.3 Å². The predicted octanol–water partition coefficient (Wildman–Crippen LogP) is 2.89. The molecule has 0 radical (unpaired) electrons. The Morgan fingerprint density at radius 1 is 1.06 bits per heavy atom. The van der Waals surface area contributed by atoms with E-state index in [2.05, 4.69) is 25.9 Å². The van der Waals surface area contributed by atoms with E-state index in [1.807, 2.05) is 18.2 Å². The summed E-state index contributed by atoms with van der Waals surface area (Å²) in [6.07, 6.45) is -1.84. The van der Waals surface area contributed by atoms with Gasteiger partial charge in [-0.25, -0.2) is 9.48 Å². The summed E-state index contributed by atoms with van der Waals surface area (Å²) in [5.41, 5.74) is 0.502. The minimum absolute atomic E-state index is 0.0349. The summed E-state index contributed by atoms with van der Waals surface area (Å²) < 4.78 is 52.0. The lowest BCUT2D eigenvalue weighted by molar-refractivity contribution is -0.137. The van der Waals surface area contributed by atoms with Crippen molar-refractivity contribution in [2.24, 2.45) is 0 Å². The smallest absolute Gasteiger partial charge is 0.371 e. The topological polar surface area (TPSA) is 103 Å². The lowest BCUT2D eigenvalue weighted by Gasteiger charge is -2.18. The standard InChI is InChI=1S/C21H19F3N6O3/c22-21(23,24)12-4-3-5-13(8-12)26-20(31)27-16-10-32-19-17(11-33-18(16)19)30-9-15(28-29-30)14-6-1-2-7-25-14/h1-9,16-19H,10-11H2,(H2,26,27,31)/t16-,17-,18+,19+/m0/s1. The molecule has 12 heteroatoms. The Hall–Kier alpha value is -3.51.